The largest absolute Gasteiger partial charge is 0.322 e. The lowest BCUT2D eigenvalue weighted by atomic mass is 9.63. The Labute approximate surface area is 184 Å². The normalized spacial score (nSPS) is 24.2. The molecule has 4 rings (SSSR count). The van der Waals surface area contributed by atoms with Crippen LogP contribution in [0.4, 0.5) is 10.5 Å². The van der Waals surface area contributed by atoms with Crippen LogP contribution in [0.3, 0.4) is 0 Å². The van der Waals surface area contributed by atoms with Crippen LogP contribution in [0.15, 0.2) is 30.6 Å². The molecule has 1 saturated heterocycles. The Hall–Kier alpha value is -3.14. The average Bonchev–Trinajstić information content (AvgIpc) is 3.21. The van der Waals surface area contributed by atoms with Crippen molar-refractivity contribution in [3.63, 3.8) is 0 Å². The molecule has 2 fully saturated rings. The van der Waals surface area contributed by atoms with Crippen LogP contribution < -0.4 is 16.2 Å². The van der Waals surface area contributed by atoms with Crippen LogP contribution in [-0.2, 0) is 9.59 Å². The van der Waals surface area contributed by atoms with Gasteiger partial charge < -0.3 is 10.2 Å². The Kier molecular flexibility index (Phi) is 5.57. The highest BCUT2D eigenvalue weighted by molar-refractivity contribution is 6.32. The number of hydrogen-bond donors (Lipinski definition) is 3. The number of benzene rings is 1. The molecule has 0 radical (unpaired) electrons. The number of piperidine rings is 1. The summed E-state index contributed by atoms with van der Waals surface area (Å²) in [5, 5.41) is 11.5. The molecule has 2 heterocycles. The third-order valence-corrected chi connectivity index (χ3v) is 6.13. The molecule has 10 nitrogen and oxygen atoms in total. The van der Waals surface area contributed by atoms with E-state index in [-0.39, 0.29) is 30.3 Å². The number of likely N-dealkylation sites (tertiary alicyclic amines) is 1. The fourth-order valence-corrected chi connectivity index (χ4v) is 5.04. The van der Waals surface area contributed by atoms with Gasteiger partial charge in [0.15, 0.2) is 0 Å². The van der Waals surface area contributed by atoms with Crippen molar-refractivity contribution >= 4 is 35.1 Å². The zero-order chi connectivity index (χ0) is 22.2. The van der Waals surface area contributed by atoms with E-state index < -0.39 is 5.54 Å². The van der Waals surface area contributed by atoms with E-state index >= 15 is 0 Å². The van der Waals surface area contributed by atoms with Crippen molar-refractivity contribution in [2.75, 3.05) is 5.32 Å². The van der Waals surface area contributed by atoms with Crippen molar-refractivity contribution in [1.29, 1.82) is 0 Å². The van der Waals surface area contributed by atoms with Gasteiger partial charge in [-0.2, -0.15) is 15.0 Å². The molecule has 3 unspecified atom stereocenters. The molecule has 1 aliphatic carbocycles. The summed E-state index contributed by atoms with van der Waals surface area (Å²) in [6.07, 6.45) is 5.60. The molecule has 1 aromatic carbocycles. The Balaban J connectivity index is 1.50. The zero-order valence-electron chi connectivity index (χ0n) is 17.3. The number of fused-ring (bicyclic) bond motifs is 2. The molecule has 1 aliphatic heterocycles. The number of aromatic nitrogens is 3. The predicted molar refractivity (Wildman–Crippen MR) is 113 cm³/mol. The fraction of sp³-hybridized carbons (Fsp3) is 0.450. The monoisotopic (exact) mass is 445 g/mol. The van der Waals surface area contributed by atoms with Crippen molar-refractivity contribution in [3.8, 4) is 5.69 Å². The first-order valence-electron chi connectivity index (χ1n) is 10.1. The first-order valence-corrected chi connectivity index (χ1v) is 10.5. The van der Waals surface area contributed by atoms with Gasteiger partial charge in [0.25, 0.3) is 0 Å². The van der Waals surface area contributed by atoms with Crippen molar-refractivity contribution in [1.82, 2.24) is 30.7 Å². The Bertz CT molecular complexity index is 1010. The topological polar surface area (TPSA) is 121 Å². The molecule has 164 valence electrons. The highest BCUT2D eigenvalue weighted by Gasteiger charge is 2.58. The molecule has 3 atom stereocenters. The summed E-state index contributed by atoms with van der Waals surface area (Å²) < 4.78 is 0. The lowest BCUT2D eigenvalue weighted by molar-refractivity contribution is -0.138. The lowest BCUT2D eigenvalue weighted by Gasteiger charge is -2.63. The van der Waals surface area contributed by atoms with Crippen molar-refractivity contribution in [2.24, 2.45) is 5.92 Å². The van der Waals surface area contributed by atoms with Crippen LogP contribution >= 0.6 is 11.6 Å². The molecule has 2 aliphatic rings. The van der Waals surface area contributed by atoms with E-state index in [1.54, 1.807) is 35.5 Å². The summed E-state index contributed by atoms with van der Waals surface area (Å²) in [6, 6.07) is 4.90. The highest BCUT2D eigenvalue weighted by atomic mass is 35.5. The number of amides is 4. The summed E-state index contributed by atoms with van der Waals surface area (Å²) in [7, 11) is 0. The fourth-order valence-electron chi connectivity index (χ4n) is 4.85. The third kappa shape index (κ3) is 4.20. The number of nitrogens with one attached hydrogen (secondary N) is 3. The Morgan fingerprint density at radius 2 is 1.94 bits per heavy atom. The smallest absolute Gasteiger partial charge is 0.315 e. The number of halogens is 1. The standard InChI is InChI=1S/C20H24ClN7O3/c1-12-7-15-10-20(9-12,11-18(30)26-25-13(2)29)27(15)19(31)24-14-3-4-16(21)17(8-14)28-22-5-6-23-28/h3-6,8,12,15H,7,9-11H2,1-2H3,(H,24,31)(H,25,29)(H,26,30). The van der Waals surface area contributed by atoms with Crippen LogP contribution in [0.25, 0.3) is 5.69 Å². The van der Waals surface area contributed by atoms with E-state index in [0.717, 1.165) is 19.3 Å². The molecule has 2 aromatic rings. The Morgan fingerprint density at radius 3 is 2.65 bits per heavy atom. The molecule has 11 heteroatoms. The molecule has 3 N–H and O–H groups in total. The van der Waals surface area contributed by atoms with E-state index in [1.807, 2.05) is 0 Å². The minimum atomic E-state index is -0.562. The van der Waals surface area contributed by atoms with E-state index in [1.165, 1.54) is 11.7 Å². The molecule has 2 bridgehead atoms. The van der Waals surface area contributed by atoms with Gasteiger partial charge in [-0.1, -0.05) is 18.5 Å². The van der Waals surface area contributed by atoms with Gasteiger partial charge >= 0.3 is 6.03 Å². The summed E-state index contributed by atoms with van der Waals surface area (Å²) in [4.78, 5) is 39.8. The van der Waals surface area contributed by atoms with Crippen LogP contribution in [0.5, 0.6) is 0 Å². The number of carbonyl (C=O) groups is 3. The number of hydrogen-bond acceptors (Lipinski definition) is 5. The maximum absolute atomic E-state index is 13.2. The van der Waals surface area contributed by atoms with Crippen LogP contribution in [0, 0.1) is 5.92 Å². The number of nitrogens with zero attached hydrogens (tertiary/aromatic N) is 4. The molecule has 4 amide bonds. The number of carbonyl (C=O) groups excluding carboxylic acids is 3. The van der Waals surface area contributed by atoms with Crippen molar-refractivity contribution in [3.05, 3.63) is 35.6 Å². The van der Waals surface area contributed by atoms with Gasteiger partial charge in [0, 0.05) is 18.7 Å². The van der Waals surface area contributed by atoms with Gasteiger partial charge in [0.05, 0.1) is 29.4 Å². The van der Waals surface area contributed by atoms with E-state index in [2.05, 4.69) is 33.3 Å². The third-order valence-electron chi connectivity index (χ3n) is 5.81. The quantitative estimate of drug-likeness (QED) is 0.623. The van der Waals surface area contributed by atoms with Gasteiger partial charge in [0.2, 0.25) is 11.8 Å². The van der Waals surface area contributed by atoms with Crippen LogP contribution in [0.2, 0.25) is 5.02 Å². The second-order valence-electron chi connectivity index (χ2n) is 8.32. The van der Waals surface area contributed by atoms with Gasteiger partial charge in [0.1, 0.15) is 5.69 Å². The average molecular weight is 446 g/mol. The first-order chi connectivity index (χ1) is 14.8. The molecule has 1 saturated carbocycles. The molecule has 31 heavy (non-hydrogen) atoms. The summed E-state index contributed by atoms with van der Waals surface area (Å²) in [5.41, 5.74) is 5.25. The van der Waals surface area contributed by atoms with E-state index in [4.69, 9.17) is 11.6 Å². The molecule has 0 spiro atoms. The SMILES string of the molecule is CC(=O)NNC(=O)CC12CC(C)CC(C1)N2C(=O)Nc1ccc(Cl)c(-n2nccn2)c1. The zero-order valence-corrected chi connectivity index (χ0v) is 18.0. The van der Waals surface area contributed by atoms with E-state index in [0.29, 0.717) is 22.3 Å². The maximum Gasteiger partial charge on any atom is 0.322 e. The predicted octanol–water partition coefficient (Wildman–Crippen LogP) is 2.25. The van der Waals surface area contributed by atoms with E-state index in [9.17, 15) is 14.4 Å². The van der Waals surface area contributed by atoms with Gasteiger partial charge in [-0.15, -0.1) is 0 Å². The second kappa shape index (κ2) is 8.18. The molecular weight excluding hydrogens is 422 g/mol. The number of rotatable bonds is 4. The maximum atomic E-state index is 13.2. The summed E-state index contributed by atoms with van der Waals surface area (Å²) in [5.74, 6) is -0.266. The van der Waals surface area contributed by atoms with Crippen LogP contribution in [-0.4, -0.2) is 49.3 Å². The summed E-state index contributed by atoms with van der Waals surface area (Å²) in [6.45, 7) is 3.45. The Morgan fingerprint density at radius 1 is 1.19 bits per heavy atom. The van der Waals surface area contributed by atoms with Gasteiger partial charge in [-0.25, -0.2) is 4.79 Å². The minimum Gasteiger partial charge on any atom is -0.315 e. The highest BCUT2D eigenvalue weighted by Crippen LogP contribution is 2.51. The molecular formula is C20H24ClN7O3. The number of urea groups is 1. The first kappa shape index (κ1) is 21.1. The number of hydrazine groups is 1. The number of anilines is 1. The molecule has 1 aromatic heterocycles. The van der Waals surface area contributed by atoms with Gasteiger partial charge in [-0.05, 0) is 43.4 Å². The van der Waals surface area contributed by atoms with Crippen LogP contribution in [0.1, 0.15) is 39.5 Å². The summed E-state index contributed by atoms with van der Waals surface area (Å²) >= 11 is 6.25. The minimum absolute atomic E-state index is 0.0804. The van der Waals surface area contributed by atoms with Crippen molar-refractivity contribution in [2.45, 2.75) is 51.1 Å². The van der Waals surface area contributed by atoms with Crippen molar-refractivity contribution < 1.29 is 14.4 Å². The lowest BCUT2D eigenvalue weighted by Crippen LogP contribution is -2.73. The second-order valence-corrected chi connectivity index (χ2v) is 8.73. The van der Waals surface area contributed by atoms with Gasteiger partial charge in [-0.3, -0.25) is 20.4 Å².